The summed E-state index contributed by atoms with van der Waals surface area (Å²) in [5.74, 6) is 0.725. The second-order valence-corrected chi connectivity index (χ2v) is 5.11. The molecule has 118 valence electrons. The summed E-state index contributed by atoms with van der Waals surface area (Å²) < 4.78 is 37.5. The lowest BCUT2D eigenvalue weighted by molar-refractivity contribution is -0.137. The van der Waals surface area contributed by atoms with Crippen LogP contribution in [0.1, 0.15) is 11.1 Å². The number of rotatable bonds is 4. The third-order valence-corrected chi connectivity index (χ3v) is 3.53. The standard InChI is InChI=1S/C17H14F3N3/c18-17(19,20)13-7-5-12(6-8-13)9-10-21-16-14-3-1-2-4-15(14)22-11-23-16/h1-8,11H,9-10H2,(H,21,22,23). The van der Waals surface area contributed by atoms with E-state index in [1.165, 1.54) is 18.5 Å². The molecule has 6 heteroatoms. The minimum Gasteiger partial charge on any atom is -0.369 e. The van der Waals surface area contributed by atoms with Gasteiger partial charge in [-0.15, -0.1) is 0 Å². The fourth-order valence-electron chi connectivity index (χ4n) is 2.33. The summed E-state index contributed by atoms with van der Waals surface area (Å²) in [5.41, 5.74) is 1.05. The predicted molar refractivity (Wildman–Crippen MR) is 83.2 cm³/mol. The smallest absolute Gasteiger partial charge is 0.369 e. The molecule has 0 bridgehead atoms. The summed E-state index contributed by atoms with van der Waals surface area (Å²) in [6, 6.07) is 12.9. The molecule has 0 unspecified atom stereocenters. The summed E-state index contributed by atoms with van der Waals surface area (Å²) in [6.07, 6.45) is -2.20. The molecular formula is C17H14F3N3. The fourth-order valence-corrected chi connectivity index (χ4v) is 2.33. The topological polar surface area (TPSA) is 37.8 Å². The Morgan fingerprint density at radius 2 is 1.65 bits per heavy atom. The molecule has 0 spiro atoms. The Morgan fingerprint density at radius 3 is 2.39 bits per heavy atom. The zero-order valence-electron chi connectivity index (χ0n) is 12.1. The second-order valence-electron chi connectivity index (χ2n) is 5.11. The van der Waals surface area contributed by atoms with Gasteiger partial charge in [0.1, 0.15) is 12.1 Å². The van der Waals surface area contributed by atoms with Crippen molar-refractivity contribution in [2.45, 2.75) is 12.6 Å². The Labute approximate surface area is 131 Å². The van der Waals surface area contributed by atoms with Gasteiger partial charge in [0, 0.05) is 11.9 Å². The van der Waals surface area contributed by atoms with Gasteiger partial charge in [-0.3, -0.25) is 0 Å². The normalized spacial score (nSPS) is 11.6. The molecule has 0 aliphatic carbocycles. The quantitative estimate of drug-likeness (QED) is 0.779. The van der Waals surface area contributed by atoms with Crippen molar-refractivity contribution in [3.8, 4) is 0 Å². The van der Waals surface area contributed by atoms with Crippen molar-refractivity contribution in [2.75, 3.05) is 11.9 Å². The molecular weight excluding hydrogens is 303 g/mol. The number of benzene rings is 2. The average Bonchev–Trinajstić information content (AvgIpc) is 2.55. The van der Waals surface area contributed by atoms with Crippen molar-refractivity contribution in [1.82, 2.24) is 9.97 Å². The van der Waals surface area contributed by atoms with Gasteiger partial charge >= 0.3 is 6.18 Å². The lowest BCUT2D eigenvalue weighted by Gasteiger charge is -2.09. The molecule has 3 nitrogen and oxygen atoms in total. The van der Waals surface area contributed by atoms with Crippen molar-refractivity contribution in [2.24, 2.45) is 0 Å². The highest BCUT2D eigenvalue weighted by Gasteiger charge is 2.29. The molecule has 0 aliphatic heterocycles. The van der Waals surface area contributed by atoms with Crippen molar-refractivity contribution in [3.63, 3.8) is 0 Å². The highest BCUT2D eigenvalue weighted by atomic mass is 19.4. The maximum Gasteiger partial charge on any atom is 0.416 e. The van der Waals surface area contributed by atoms with Crippen LogP contribution in [-0.4, -0.2) is 16.5 Å². The Morgan fingerprint density at radius 1 is 0.913 bits per heavy atom. The first kappa shape index (κ1) is 15.3. The predicted octanol–water partition coefficient (Wildman–Crippen LogP) is 4.30. The summed E-state index contributed by atoms with van der Waals surface area (Å²) >= 11 is 0. The van der Waals surface area contributed by atoms with E-state index in [0.717, 1.165) is 34.4 Å². The van der Waals surface area contributed by atoms with Crippen LogP contribution in [0.15, 0.2) is 54.9 Å². The number of aromatic nitrogens is 2. The molecule has 1 aromatic heterocycles. The summed E-state index contributed by atoms with van der Waals surface area (Å²) in [5, 5.41) is 4.13. The maximum absolute atomic E-state index is 12.5. The molecule has 0 saturated heterocycles. The van der Waals surface area contributed by atoms with Crippen LogP contribution >= 0.6 is 0 Å². The van der Waals surface area contributed by atoms with Gasteiger partial charge in [0.25, 0.3) is 0 Å². The second kappa shape index (κ2) is 6.24. The Balaban J connectivity index is 1.65. The van der Waals surface area contributed by atoms with Crippen LogP contribution in [0.3, 0.4) is 0 Å². The zero-order chi connectivity index (χ0) is 16.3. The summed E-state index contributed by atoms with van der Waals surface area (Å²) in [6.45, 7) is 0.576. The van der Waals surface area contributed by atoms with Gasteiger partial charge in [0.2, 0.25) is 0 Å². The molecule has 0 atom stereocenters. The van der Waals surface area contributed by atoms with Gasteiger partial charge in [0.05, 0.1) is 11.1 Å². The van der Waals surface area contributed by atoms with E-state index in [9.17, 15) is 13.2 Å². The highest BCUT2D eigenvalue weighted by molar-refractivity contribution is 5.88. The molecule has 0 radical (unpaired) electrons. The van der Waals surface area contributed by atoms with Crippen LogP contribution in [-0.2, 0) is 12.6 Å². The van der Waals surface area contributed by atoms with E-state index in [1.807, 2.05) is 24.3 Å². The number of fused-ring (bicyclic) bond motifs is 1. The largest absolute Gasteiger partial charge is 0.416 e. The van der Waals surface area contributed by atoms with E-state index in [-0.39, 0.29) is 0 Å². The number of anilines is 1. The molecule has 3 aromatic rings. The van der Waals surface area contributed by atoms with Gasteiger partial charge in [-0.1, -0.05) is 24.3 Å². The van der Waals surface area contributed by atoms with Crippen molar-refractivity contribution in [1.29, 1.82) is 0 Å². The molecule has 2 aromatic carbocycles. The van der Waals surface area contributed by atoms with Crippen LogP contribution in [0.2, 0.25) is 0 Å². The lowest BCUT2D eigenvalue weighted by atomic mass is 10.1. The Hall–Kier alpha value is -2.63. The van der Waals surface area contributed by atoms with E-state index < -0.39 is 11.7 Å². The molecule has 0 fully saturated rings. The van der Waals surface area contributed by atoms with Crippen molar-refractivity contribution < 1.29 is 13.2 Å². The van der Waals surface area contributed by atoms with Crippen LogP contribution in [0.4, 0.5) is 19.0 Å². The van der Waals surface area contributed by atoms with Crippen LogP contribution in [0.25, 0.3) is 10.9 Å². The third-order valence-electron chi connectivity index (χ3n) is 3.53. The summed E-state index contributed by atoms with van der Waals surface area (Å²) in [7, 11) is 0. The fraction of sp³-hybridized carbons (Fsp3) is 0.176. The molecule has 3 rings (SSSR count). The molecule has 0 saturated carbocycles. The SMILES string of the molecule is FC(F)(F)c1ccc(CCNc2ncnc3ccccc23)cc1. The van der Waals surface area contributed by atoms with Gasteiger partial charge in [0.15, 0.2) is 0 Å². The van der Waals surface area contributed by atoms with E-state index in [2.05, 4.69) is 15.3 Å². The minimum atomic E-state index is -4.29. The number of hydrogen-bond donors (Lipinski definition) is 1. The van der Waals surface area contributed by atoms with E-state index >= 15 is 0 Å². The number of hydrogen-bond acceptors (Lipinski definition) is 3. The molecule has 1 N–H and O–H groups in total. The lowest BCUT2D eigenvalue weighted by Crippen LogP contribution is -2.08. The van der Waals surface area contributed by atoms with E-state index in [0.29, 0.717) is 13.0 Å². The monoisotopic (exact) mass is 317 g/mol. The highest BCUT2D eigenvalue weighted by Crippen LogP contribution is 2.29. The van der Waals surface area contributed by atoms with Gasteiger partial charge in [-0.25, -0.2) is 9.97 Å². The number of para-hydroxylation sites is 1. The number of nitrogens with zero attached hydrogens (tertiary/aromatic N) is 2. The number of halogens is 3. The summed E-state index contributed by atoms with van der Waals surface area (Å²) in [4.78, 5) is 8.40. The zero-order valence-corrected chi connectivity index (χ0v) is 12.1. The van der Waals surface area contributed by atoms with Gasteiger partial charge in [-0.2, -0.15) is 13.2 Å². The third kappa shape index (κ3) is 3.59. The van der Waals surface area contributed by atoms with E-state index in [4.69, 9.17) is 0 Å². The molecule has 0 aliphatic rings. The number of nitrogens with one attached hydrogen (secondary N) is 1. The molecule has 0 amide bonds. The van der Waals surface area contributed by atoms with E-state index in [1.54, 1.807) is 0 Å². The van der Waals surface area contributed by atoms with Crippen LogP contribution in [0, 0.1) is 0 Å². The van der Waals surface area contributed by atoms with Crippen LogP contribution < -0.4 is 5.32 Å². The van der Waals surface area contributed by atoms with Gasteiger partial charge in [-0.05, 0) is 36.2 Å². The van der Waals surface area contributed by atoms with Crippen molar-refractivity contribution in [3.05, 3.63) is 66.0 Å². The first-order chi connectivity index (χ1) is 11.0. The first-order valence-corrected chi connectivity index (χ1v) is 7.14. The molecule has 1 heterocycles. The minimum absolute atomic E-state index is 0.576. The Kier molecular flexibility index (Phi) is 4.14. The van der Waals surface area contributed by atoms with Crippen LogP contribution in [0.5, 0.6) is 0 Å². The van der Waals surface area contributed by atoms with Crippen molar-refractivity contribution >= 4 is 16.7 Å². The average molecular weight is 317 g/mol. The first-order valence-electron chi connectivity index (χ1n) is 7.14. The maximum atomic E-state index is 12.5. The Bertz CT molecular complexity index is 793. The molecule has 23 heavy (non-hydrogen) atoms. The number of alkyl halides is 3. The van der Waals surface area contributed by atoms with Gasteiger partial charge < -0.3 is 5.32 Å².